The van der Waals surface area contributed by atoms with Crippen LogP contribution in [0.5, 0.6) is 0 Å². The van der Waals surface area contributed by atoms with Crippen LogP contribution in [0.3, 0.4) is 0 Å². The second kappa shape index (κ2) is 5.66. The molecule has 1 unspecified atom stereocenters. The third-order valence-electron chi connectivity index (χ3n) is 3.09. The monoisotopic (exact) mass is 283 g/mol. The molecule has 1 aromatic rings. The highest BCUT2D eigenvalue weighted by atomic mass is 32.2. The number of nitrogen functional groups attached to an aromatic ring is 1. The second-order valence-electron chi connectivity index (χ2n) is 4.73. The van der Waals surface area contributed by atoms with Crippen molar-refractivity contribution in [2.75, 3.05) is 23.8 Å². The van der Waals surface area contributed by atoms with Crippen LogP contribution in [-0.2, 0) is 21.1 Å². The third-order valence-corrected chi connectivity index (χ3v) is 4.83. The van der Waals surface area contributed by atoms with E-state index in [1.807, 2.05) is 0 Å². The number of ketones is 1. The fourth-order valence-corrected chi connectivity index (χ4v) is 3.60. The van der Waals surface area contributed by atoms with E-state index in [0.29, 0.717) is 17.9 Å². The average molecular weight is 283 g/mol. The topological polar surface area (TPSA) is 102 Å². The first-order valence-corrected chi connectivity index (χ1v) is 7.93. The molecule has 0 bridgehead atoms. The first-order chi connectivity index (χ1) is 8.96. The van der Waals surface area contributed by atoms with Crippen LogP contribution in [0.2, 0.25) is 0 Å². The number of nitrogens with one attached hydrogen (secondary N) is 1. The lowest BCUT2D eigenvalue weighted by atomic mass is 10.0. The average Bonchev–Trinajstić information content (AvgIpc) is 2.30. The predicted molar refractivity (Wildman–Crippen MR) is 72.4 cm³/mol. The number of aromatic nitrogens is 1. The molecule has 1 aliphatic rings. The Labute approximate surface area is 112 Å². The quantitative estimate of drug-likeness (QED) is 0.776. The largest absolute Gasteiger partial charge is 0.383 e. The van der Waals surface area contributed by atoms with E-state index in [0.717, 1.165) is 0 Å². The van der Waals surface area contributed by atoms with E-state index in [4.69, 9.17) is 5.73 Å². The molecule has 0 aromatic carbocycles. The van der Waals surface area contributed by atoms with Crippen molar-refractivity contribution in [2.24, 2.45) is 0 Å². The molecule has 1 fully saturated rings. The number of Topliss-reactive ketones (excluding diaryl/α,β-unsaturated/α-hetero) is 1. The minimum atomic E-state index is -3.01. The van der Waals surface area contributed by atoms with Crippen LogP contribution in [0, 0.1) is 0 Å². The Balaban J connectivity index is 1.93. The van der Waals surface area contributed by atoms with Gasteiger partial charge in [-0.15, -0.1) is 0 Å². The third kappa shape index (κ3) is 4.00. The fourth-order valence-electron chi connectivity index (χ4n) is 2.16. The Morgan fingerprint density at radius 3 is 3.00 bits per heavy atom. The lowest BCUT2D eigenvalue weighted by Crippen LogP contribution is -2.46. The van der Waals surface area contributed by atoms with Crippen molar-refractivity contribution < 1.29 is 13.2 Å². The maximum absolute atomic E-state index is 11.9. The molecule has 1 aromatic heterocycles. The molecule has 2 heterocycles. The van der Waals surface area contributed by atoms with Crippen molar-refractivity contribution in [3.05, 3.63) is 23.9 Å². The molecule has 7 heteroatoms. The molecular weight excluding hydrogens is 266 g/mol. The Bertz CT molecular complexity index is 571. The minimum absolute atomic E-state index is 0.0290. The van der Waals surface area contributed by atoms with Gasteiger partial charge in [0.2, 0.25) is 0 Å². The second-order valence-corrected chi connectivity index (χ2v) is 6.96. The van der Waals surface area contributed by atoms with Gasteiger partial charge in [-0.3, -0.25) is 4.79 Å². The molecule has 0 aliphatic carbocycles. The molecule has 2 rings (SSSR count). The van der Waals surface area contributed by atoms with Crippen molar-refractivity contribution in [1.29, 1.82) is 0 Å². The van der Waals surface area contributed by atoms with Gasteiger partial charge >= 0.3 is 0 Å². The number of hydrogen-bond donors (Lipinski definition) is 2. The van der Waals surface area contributed by atoms with Crippen LogP contribution in [0.25, 0.3) is 0 Å². The van der Waals surface area contributed by atoms with Crippen LogP contribution in [-0.4, -0.2) is 43.3 Å². The van der Waals surface area contributed by atoms with Crippen LogP contribution in [0.15, 0.2) is 18.3 Å². The standard InChI is InChI=1S/C12H17N3O3S/c13-12-9(2-1-3-15-12)6-11(16)7-10-8-19(17,18)5-4-14-10/h1-3,10,14H,4-8H2,(H2,13,15). The normalized spacial score (nSPS) is 22.0. The van der Waals surface area contributed by atoms with Gasteiger partial charge in [0.05, 0.1) is 11.5 Å². The highest BCUT2D eigenvalue weighted by Gasteiger charge is 2.26. The zero-order chi connectivity index (χ0) is 13.9. The van der Waals surface area contributed by atoms with Crippen molar-refractivity contribution >= 4 is 21.4 Å². The van der Waals surface area contributed by atoms with E-state index in [9.17, 15) is 13.2 Å². The van der Waals surface area contributed by atoms with Crippen LogP contribution in [0.1, 0.15) is 12.0 Å². The number of nitrogens with two attached hydrogens (primary N) is 1. The van der Waals surface area contributed by atoms with Gasteiger partial charge in [0.15, 0.2) is 9.84 Å². The number of pyridine rings is 1. The van der Waals surface area contributed by atoms with E-state index in [2.05, 4.69) is 10.3 Å². The van der Waals surface area contributed by atoms with Crippen molar-refractivity contribution in [3.8, 4) is 0 Å². The molecule has 1 aliphatic heterocycles. The summed E-state index contributed by atoms with van der Waals surface area (Å²) in [6, 6.07) is 3.19. The van der Waals surface area contributed by atoms with Gasteiger partial charge in [0.25, 0.3) is 0 Å². The highest BCUT2D eigenvalue weighted by molar-refractivity contribution is 7.91. The van der Waals surface area contributed by atoms with E-state index >= 15 is 0 Å². The summed E-state index contributed by atoms with van der Waals surface area (Å²) in [6.45, 7) is 0.412. The molecule has 3 N–H and O–H groups in total. The van der Waals surface area contributed by atoms with E-state index in [1.165, 1.54) is 0 Å². The summed E-state index contributed by atoms with van der Waals surface area (Å²) in [5.74, 6) is 0.489. The van der Waals surface area contributed by atoms with Crippen LogP contribution in [0.4, 0.5) is 5.82 Å². The molecule has 19 heavy (non-hydrogen) atoms. The summed E-state index contributed by atoms with van der Waals surface area (Å²) in [5, 5.41) is 3.06. The first-order valence-electron chi connectivity index (χ1n) is 6.11. The van der Waals surface area contributed by atoms with Crippen LogP contribution < -0.4 is 11.1 Å². The van der Waals surface area contributed by atoms with Gasteiger partial charge in [-0.25, -0.2) is 13.4 Å². The minimum Gasteiger partial charge on any atom is -0.383 e. The molecule has 6 nitrogen and oxygen atoms in total. The van der Waals surface area contributed by atoms with Gasteiger partial charge in [-0.2, -0.15) is 0 Å². The van der Waals surface area contributed by atoms with Gasteiger partial charge in [-0.1, -0.05) is 6.07 Å². The Kier molecular flexibility index (Phi) is 4.16. The van der Waals surface area contributed by atoms with E-state index in [1.54, 1.807) is 18.3 Å². The number of nitrogens with zero attached hydrogens (tertiary/aromatic N) is 1. The van der Waals surface area contributed by atoms with Crippen molar-refractivity contribution in [1.82, 2.24) is 10.3 Å². The summed E-state index contributed by atoms with van der Waals surface area (Å²) >= 11 is 0. The number of hydrogen-bond acceptors (Lipinski definition) is 6. The van der Waals surface area contributed by atoms with Gasteiger partial charge in [0.1, 0.15) is 11.6 Å². The lowest BCUT2D eigenvalue weighted by molar-refractivity contribution is -0.118. The summed E-state index contributed by atoms with van der Waals surface area (Å²) in [6.07, 6.45) is 1.96. The summed E-state index contributed by atoms with van der Waals surface area (Å²) in [4.78, 5) is 15.8. The summed E-state index contributed by atoms with van der Waals surface area (Å²) < 4.78 is 22.9. The van der Waals surface area contributed by atoms with Gasteiger partial charge in [0, 0.05) is 37.2 Å². The number of sulfone groups is 1. The molecular formula is C12H17N3O3S. The van der Waals surface area contributed by atoms with Crippen LogP contribution >= 0.6 is 0 Å². The SMILES string of the molecule is Nc1ncccc1CC(=O)CC1CS(=O)(=O)CCN1. The molecule has 0 amide bonds. The van der Waals surface area contributed by atoms with E-state index in [-0.39, 0.29) is 36.2 Å². The fraction of sp³-hybridized carbons (Fsp3) is 0.500. The maximum Gasteiger partial charge on any atom is 0.153 e. The maximum atomic E-state index is 11.9. The Morgan fingerprint density at radius 1 is 1.53 bits per heavy atom. The summed E-state index contributed by atoms with van der Waals surface area (Å²) in [7, 11) is -3.01. The number of anilines is 1. The first kappa shape index (κ1) is 14.0. The zero-order valence-corrected chi connectivity index (χ0v) is 11.3. The van der Waals surface area contributed by atoms with E-state index < -0.39 is 9.84 Å². The van der Waals surface area contributed by atoms with Crippen molar-refractivity contribution in [3.63, 3.8) is 0 Å². The van der Waals surface area contributed by atoms with Gasteiger partial charge < -0.3 is 11.1 Å². The Hall–Kier alpha value is -1.47. The van der Waals surface area contributed by atoms with Crippen molar-refractivity contribution in [2.45, 2.75) is 18.9 Å². The molecule has 1 atom stereocenters. The molecule has 0 radical (unpaired) electrons. The zero-order valence-electron chi connectivity index (χ0n) is 10.5. The molecule has 104 valence electrons. The molecule has 0 saturated carbocycles. The number of carbonyl (C=O) groups is 1. The molecule has 0 spiro atoms. The smallest absolute Gasteiger partial charge is 0.153 e. The van der Waals surface area contributed by atoms with Gasteiger partial charge in [-0.05, 0) is 6.07 Å². The summed E-state index contributed by atoms with van der Waals surface area (Å²) in [5.41, 5.74) is 6.36. The Morgan fingerprint density at radius 2 is 2.32 bits per heavy atom. The number of carbonyl (C=O) groups excluding carboxylic acids is 1. The molecule has 1 saturated heterocycles. The lowest BCUT2D eigenvalue weighted by Gasteiger charge is -2.23. The highest BCUT2D eigenvalue weighted by Crippen LogP contribution is 2.11. The number of rotatable bonds is 4. The predicted octanol–water partition coefficient (Wildman–Crippen LogP) is -0.448.